The van der Waals surface area contributed by atoms with E-state index < -0.39 is 10.0 Å². The fraction of sp³-hybridized carbons (Fsp3) is 0.182. The highest BCUT2D eigenvalue weighted by molar-refractivity contribution is 7.89. The molecular weight excluding hydrogens is 300 g/mol. The molecule has 106 valence electrons. The maximum absolute atomic E-state index is 12.0. The molecule has 0 aliphatic carbocycles. The minimum atomic E-state index is -3.62. The van der Waals surface area contributed by atoms with E-state index in [1.807, 2.05) is 0 Å². The van der Waals surface area contributed by atoms with Crippen LogP contribution in [0, 0.1) is 0 Å². The third-order valence-electron chi connectivity index (χ3n) is 2.44. The van der Waals surface area contributed by atoms with Crippen LogP contribution in [0.2, 0.25) is 0 Å². The zero-order valence-electron chi connectivity index (χ0n) is 10.3. The van der Waals surface area contributed by atoms with Gasteiger partial charge in [-0.2, -0.15) is 4.98 Å². The Morgan fingerprint density at radius 2 is 2.05 bits per heavy atom. The first-order chi connectivity index (χ1) is 9.47. The second-order valence-electron chi connectivity index (χ2n) is 3.96. The van der Waals surface area contributed by atoms with Gasteiger partial charge in [0.25, 0.3) is 0 Å². The molecule has 0 spiro atoms. The molecule has 1 aromatic heterocycles. The third kappa shape index (κ3) is 3.83. The molecule has 9 heteroatoms. The third-order valence-corrected chi connectivity index (χ3v) is 4.00. The first-order valence-corrected chi connectivity index (χ1v) is 7.49. The van der Waals surface area contributed by atoms with Gasteiger partial charge >= 0.3 is 0 Å². The van der Waals surface area contributed by atoms with E-state index in [4.69, 9.17) is 18.0 Å². The number of nitrogens with one attached hydrogen (secondary N) is 1. The molecule has 3 N–H and O–H groups in total. The highest BCUT2D eigenvalue weighted by atomic mass is 32.2. The van der Waals surface area contributed by atoms with Crippen molar-refractivity contribution in [3.63, 3.8) is 0 Å². The number of nitrogens with two attached hydrogens (primary N) is 1. The Kier molecular flexibility index (Phi) is 4.42. The lowest BCUT2D eigenvalue weighted by Gasteiger charge is -2.06. The largest absolute Gasteiger partial charge is 0.393 e. The summed E-state index contributed by atoms with van der Waals surface area (Å²) in [5.74, 6) is 0.263. The van der Waals surface area contributed by atoms with Gasteiger partial charge in [0.1, 0.15) is 0 Å². The van der Waals surface area contributed by atoms with Crippen LogP contribution in [0.3, 0.4) is 0 Å². The van der Waals surface area contributed by atoms with Crippen molar-refractivity contribution in [2.75, 3.05) is 0 Å². The predicted molar refractivity (Wildman–Crippen MR) is 75.3 cm³/mol. The molecule has 0 unspecified atom stereocenters. The van der Waals surface area contributed by atoms with Gasteiger partial charge < -0.3 is 10.3 Å². The molecule has 2 rings (SSSR count). The second-order valence-corrected chi connectivity index (χ2v) is 6.25. The zero-order valence-corrected chi connectivity index (χ0v) is 11.9. The lowest BCUT2D eigenvalue weighted by molar-refractivity contribution is 0.409. The van der Waals surface area contributed by atoms with Gasteiger partial charge in [0.05, 0.1) is 16.4 Å². The molecule has 20 heavy (non-hydrogen) atoms. The van der Waals surface area contributed by atoms with Crippen molar-refractivity contribution >= 4 is 27.2 Å². The maximum Gasteiger partial charge on any atom is 0.240 e. The fourth-order valence-corrected chi connectivity index (χ4v) is 2.65. The van der Waals surface area contributed by atoms with E-state index in [1.165, 1.54) is 12.1 Å². The van der Waals surface area contributed by atoms with Crippen molar-refractivity contribution in [3.8, 4) is 0 Å². The van der Waals surface area contributed by atoms with Crippen molar-refractivity contribution in [1.29, 1.82) is 0 Å². The lowest BCUT2D eigenvalue weighted by atomic mass is 10.1. The van der Waals surface area contributed by atoms with E-state index in [1.54, 1.807) is 12.1 Å². The zero-order chi connectivity index (χ0) is 14.6. The van der Waals surface area contributed by atoms with Crippen LogP contribution >= 0.6 is 12.2 Å². The van der Waals surface area contributed by atoms with E-state index in [2.05, 4.69) is 19.4 Å². The Balaban J connectivity index is 2.07. The molecule has 0 aliphatic heterocycles. The topological polar surface area (TPSA) is 111 Å². The van der Waals surface area contributed by atoms with E-state index in [0.717, 1.165) is 12.0 Å². The van der Waals surface area contributed by atoms with Gasteiger partial charge in [0, 0.05) is 6.42 Å². The van der Waals surface area contributed by atoms with Crippen LogP contribution in [0.25, 0.3) is 0 Å². The normalized spacial score (nSPS) is 11.4. The minimum Gasteiger partial charge on any atom is -0.393 e. The Hall–Kier alpha value is -1.84. The first kappa shape index (κ1) is 14.6. The Morgan fingerprint density at radius 3 is 2.60 bits per heavy atom. The molecule has 7 nitrogen and oxygen atoms in total. The van der Waals surface area contributed by atoms with E-state index in [-0.39, 0.29) is 17.3 Å². The summed E-state index contributed by atoms with van der Waals surface area (Å²) in [6, 6.07) is 6.32. The molecule has 0 fully saturated rings. The summed E-state index contributed by atoms with van der Waals surface area (Å²) in [5, 5.41) is 3.52. The summed E-state index contributed by atoms with van der Waals surface area (Å²) in [7, 11) is -3.62. The number of rotatable bonds is 6. The van der Waals surface area contributed by atoms with Crippen LogP contribution in [0.4, 0.5) is 0 Å². The van der Waals surface area contributed by atoms with Gasteiger partial charge in [-0.05, 0) is 17.7 Å². The smallest absolute Gasteiger partial charge is 0.240 e. The summed E-state index contributed by atoms with van der Waals surface area (Å²) >= 11 is 4.80. The molecular formula is C11H12N4O3S2. The Labute approximate surface area is 121 Å². The number of hydrogen-bond donors (Lipinski definition) is 2. The van der Waals surface area contributed by atoms with Gasteiger partial charge in [0.15, 0.2) is 5.82 Å². The summed E-state index contributed by atoms with van der Waals surface area (Å²) in [6.07, 6.45) is 1.57. The minimum absolute atomic E-state index is 0.0343. The average Bonchev–Trinajstić information content (AvgIpc) is 2.89. The quantitative estimate of drug-likeness (QED) is 0.741. The van der Waals surface area contributed by atoms with Gasteiger partial charge in [-0.15, -0.1) is 0 Å². The van der Waals surface area contributed by atoms with Crippen molar-refractivity contribution in [2.24, 2.45) is 5.73 Å². The molecule has 1 heterocycles. The molecule has 0 radical (unpaired) electrons. The highest BCUT2D eigenvalue weighted by Crippen LogP contribution is 2.11. The van der Waals surface area contributed by atoms with Gasteiger partial charge in [0.2, 0.25) is 16.4 Å². The standard InChI is InChI=1S/C11H12N4O3S2/c12-10(19)5-8-1-3-9(4-2-8)20(16,17)14-6-11-13-7-18-15-11/h1-4,7,14H,5-6H2,(H2,12,19). The van der Waals surface area contributed by atoms with Gasteiger partial charge in [-0.3, -0.25) is 0 Å². The molecule has 0 saturated carbocycles. The van der Waals surface area contributed by atoms with Crippen molar-refractivity contribution in [3.05, 3.63) is 42.0 Å². The number of aromatic nitrogens is 2. The molecule has 2 aromatic rings. The monoisotopic (exact) mass is 312 g/mol. The van der Waals surface area contributed by atoms with Crippen LogP contribution in [-0.4, -0.2) is 23.5 Å². The summed E-state index contributed by atoms with van der Waals surface area (Å²) in [4.78, 5) is 4.23. The molecule has 0 amide bonds. The second kappa shape index (κ2) is 6.07. The molecule has 0 saturated heterocycles. The van der Waals surface area contributed by atoms with E-state index >= 15 is 0 Å². The number of hydrogen-bond acceptors (Lipinski definition) is 6. The number of benzene rings is 1. The Bertz CT molecular complexity index is 681. The Morgan fingerprint density at radius 1 is 1.35 bits per heavy atom. The molecule has 0 bridgehead atoms. The first-order valence-electron chi connectivity index (χ1n) is 5.59. The molecule has 0 atom stereocenters. The van der Waals surface area contributed by atoms with Crippen molar-refractivity contribution < 1.29 is 12.9 Å². The number of nitrogens with zero attached hydrogens (tertiary/aromatic N) is 2. The maximum atomic E-state index is 12.0. The van der Waals surface area contributed by atoms with Crippen LogP contribution in [-0.2, 0) is 23.0 Å². The molecule has 0 aliphatic rings. The average molecular weight is 312 g/mol. The number of thiocarbonyl (C=S) groups is 1. The predicted octanol–water partition coefficient (Wildman–Crippen LogP) is 0.377. The van der Waals surface area contributed by atoms with Crippen molar-refractivity contribution in [1.82, 2.24) is 14.9 Å². The lowest BCUT2D eigenvalue weighted by Crippen LogP contribution is -2.23. The van der Waals surface area contributed by atoms with Crippen LogP contribution in [0.1, 0.15) is 11.4 Å². The van der Waals surface area contributed by atoms with Crippen molar-refractivity contribution in [2.45, 2.75) is 17.9 Å². The SMILES string of the molecule is NC(=S)Cc1ccc(S(=O)(=O)NCc2ncon2)cc1. The number of sulfonamides is 1. The van der Waals surface area contributed by atoms with Gasteiger partial charge in [-0.25, -0.2) is 13.1 Å². The van der Waals surface area contributed by atoms with Crippen LogP contribution in [0.5, 0.6) is 0 Å². The van der Waals surface area contributed by atoms with Crippen LogP contribution in [0.15, 0.2) is 40.1 Å². The fourth-order valence-electron chi connectivity index (χ4n) is 1.50. The summed E-state index contributed by atoms with van der Waals surface area (Å²) < 4.78 is 30.9. The van der Waals surface area contributed by atoms with Crippen LogP contribution < -0.4 is 10.5 Å². The summed E-state index contributed by atoms with van der Waals surface area (Å²) in [5.41, 5.74) is 6.28. The highest BCUT2D eigenvalue weighted by Gasteiger charge is 2.14. The van der Waals surface area contributed by atoms with E-state index in [9.17, 15) is 8.42 Å². The molecule has 1 aromatic carbocycles. The summed E-state index contributed by atoms with van der Waals surface area (Å²) in [6.45, 7) is -0.0343. The van der Waals surface area contributed by atoms with Gasteiger partial charge in [-0.1, -0.05) is 29.5 Å². The van der Waals surface area contributed by atoms with E-state index in [0.29, 0.717) is 11.4 Å².